The van der Waals surface area contributed by atoms with Crippen LogP contribution < -0.4 is 0 Å². The summed E-state index contributed by atoms with van der Waals surface area (Å²) in [6, 6.07) is 0. The van der Waals surface area contributed by atoms with E-state index in [1.165, 1.54) is 77.0 Å². The molecule has 1 fully saturated rings. The summed E-state index contributed by atoms with van der Waals surface area (Å²) in [4.78, 5) is 12.7. The van der Waals surface area contributed by atoms with Gasteiger partial charge in [-0.25, -0.2) is 0 Å². The Balaban J connectivity index is 2.24. The van der Waals surface area contributed by atoms with Gasteiger partial charge < -0.3 is 39.4 Å². The van der Waals surface area contributed by atoms with Crippen molar-refractivity contribution in [1.29, 1.82) is 0 Å². The number of rotatable bonds is 35. The number of carbonyl (C=O) groups is 1. The van der Waals surface area contributed by atoms with Crippen LogP contribution in [0.25, 0.3) is 0 Å². The number of hydrogen-bond acceptors (Lipinski definition) is 9. The second kappa shape index (κ2) is 35.8. The lowest BCUT2D eigenvalue weighted by Gasteiger charge is -2.39. The van der Waals surface area contributed by atoms with Crippen molar-refractivity contribution in [3.8, 4) is 0 Å². The molecule has 0 saturated carbocycles. The van der Waals surface area contributed by atoms with Gasteiger partial charge in [0.2, 0.25) is 0 Å². The van der Waals surface area contributed by atoms with E-state index in [0.29, 0.717) is 13.0 Å². The van der Waals surface area contributed by atoms with Gasteiger partial charge in [0.1, 0.15) is 30.5 Å². The van der Waals surface area contributed by atoms with E-state index in [4.69, 9.17) is 18.9 Å². The number of esters is 1. The first kappa shape index (κ1) is 49.2. The highest BCUT2D eigenvalue weighted by atomic mass is 16.7. The number of carbonyl (C=O) groups excluding carboxylic acids is 1. The van der Waals surface area contributed by atoms with Crippen molar-refractivity contribution in [2.75, 3.05) is 26.4 Å². The number of allylic oxidation sites excluding steroid dienone is 8. The fourth-order valence-electron chi connectivity index (χ4n) is 6.19. The van der Waals surface area contributed by atoms with Crippen LogP contribution >= 0.6 is 0 Å². The molecule has 0 spiro atoms. The zero-order chi connectivity index (χ0) is 38.6. The van der Waals surface area contributed by atoms with Crippen molar-refractivity contribution in [2.45, 2.75) is 198 Å². The van der Waals surface area contributed by atoms with E-state index < -0.39 is 43.4 Å². The van der Waals surface area contributed by atoms with Gasteiger partial charge in [0.05, 0.1) is 19.8 Å². The molecule has 0 aliphatic carbocycles. The quantitative estimate of drug-likeness (QED) is 0.0285. The zero-order valence-corrected chi connectivity index (χ0v) is 33.5. The van der Waals surface area contributed by atoms with Gasteiger partial charge in [-0.3, -0.25) is 4.79 Å². The number of aliphatic hydroxyl groups excluding tert-OH is 4. The third-order valence-electron chi connectivity index (χ3n) is 9.51. The molecule has 308 valence electrons. The van der Waals surface area contributed by atoms with Crippen LogP contribution in [0.5, 0.6) is 0 Å². The van der Waals surface area contributed by atoms with Crippen LogP contribution in [0.1, 0.15) is 162 Å². The highest BCUT2D eigenvalue weighted by Gasteiger charge is 2.44. The molecule has 1 aliphatic heterocycles. The van der Waals surface area contributed by atoms with E-state index in [2.05, 4.69) is 62.5 Å². The van der Waals surface area contributed by atoms with Crippen LogP contribution in [0.15, 0.2) is 48.6 Å². The lowest BCUT2D eigenvalue weighted by Crippen LogP contribution is -2.59. The molecule has 0 radical (unpaired) electrons. The van der Waals surface area contributed by atoms with Gasteiger partial charge in [0.25, 0.3) is 0 Å². The van der Waals surface area contributed by atoms with Crippen LogP contribution in [0.2, 0.25) is 0 Å². The molecule has 6 atom stereocenters. The maximum atomic E-state index is 12.7. The lowest BCUT2D eigenvalue weighted by molar-refractivity contribution is -0.305. The van der Waals surface area contributed by atoms with Crippen molar-refractivity contribution >= 4 is 5.97 Å². The molecule has 1 heterocycles. The summed E-state index contributed by atoms with van der Waals surface area (Å²) >= 11 is 0. The van der Waals surface area contributed by atoms with Gasteiger partial charge in [0, 0.05) is 13.0 Å². The Labute approximate surface area is 322 Å². The largest absolute Gasteiger partial charge is 0.457 e. The molecule has 1 aliphatic rings. The highest BCUT2D eigenvalue weighted by Crippen LogP contribution is 2.22. The van der Waals surface area contributed by atoms with E-state index in [-0.39, 0.29) is 19.2 Å². The van der Waals surface area contributed by atoms with Crippen molar-refractivity contribution in [2.24, 2.45) is 0 Å². The van der Waals surface area contributed by atoms with Gasteiger partial charge in [-0.05, 0) is 51.4 Å². The molecule has 0 bridgehead atoms. The number of ether oxygens (including phenoxy) is 4. The average Bonchev–Trinajstić information content (AvgIpc) is 3.16. The van der Waals surface area contributed by atoms with E-state index in [1.54, 1.807) is 0 Å². The maximum absolute atomic E-state index is 12.7. The molecule has 0 aromatic heterocycles. The summed E-state index contributed by atoms with van der Waals surface area (Å²) in [5.41, 5.74) is 0. The van der Waals surface area contributed by atoms with Crippen molar-refractivity contribution in [3.63, 3.8) is 0 Å². The minimum atomic E-state index is -1.54. The molecular weight excluding hydrogens is 672 g/mol. The summed E-state index contributed by atoms with van der Waals surface area (Å²) in [5, 5.41) is 40.0. The SMILES string of the molecule is CC/C=C\C/C=C\C/C=C\C/C=C\CCCCCCCCCCC(=O)OC(COCCCCCCCCCCC)COC1OC(CO)C(O)C(O)C1O. The van der Waals surface area contributed by atoms with Gasteiger partial charge in [-0.1, -0.05) is 152 Å². The molecule has 1 saturated heterocycles. The lowest BCUT2D eigenvalue weighted by atomic mass is 9.99. The molecule has 0 aromatic carbocycles. The summed E-state index contributed by atoms with van der Waals surface area (Å²) in [7, 11) is 0. The summed E-state index contributed by atoms with van der Waals surface area (Å²) in [6.45, 7) is 4.41. The third-order valence-corrected chi connectivity index (χ3v) is 9.51. The molecule has 1 rings (SSSR count). The Morgan fingerprint density at radius 3 is 1.74 bits per heavy atom. The second-order valence-electron chi connectivity index (χ2n) is 14.4. The van der Waals surface area contributed by atoms with E-state index >= 15 is 0 Å². The van der Waals surface area contributed by atoms with E-state index in [0.717, 1.165) is 64.2 Å². The third kappa shape index (κ3) is 27.4. The minimum absolute atomic E-state index is 0.117. The van der Waals surface area contributed by atoms with Crippen LogP contribution in [-0.2, 0) is 23.7 Å². The number of unbranched alkanes of at least 4 members (excludes halogenated alkanes) is 16. The first-order valence-corrected chi connectivity index (χ1v) is 21.2. The predicted molar refractivity (Wildman–Crippen MR) is 215 cm³/mol. The first-order chi connectivity index (χ1) is 25.9. The van der Waals surface area contributed by atoms with Crippen molar-refractivity contribution < 1.29 is 44.2 Å². The van der Waals surface area contributed by atoms with E-state index in [9.17, 15) is 25.2 Å². The first-order valence-electron chi connectivity index (χ1n) is 21.2. The Hall–Kier alpha value is -1.85. The van der Waals surface area contributed by atoms with Gasteiger partial charge in [-0.2, -0.15) is 0 Å². The monoisotopic (exact) mass is 751 g/mol. The number of hydrogen-bond donors (Lipinski definition) is 4. The molecule has 9 heteroatoms. The van der Waals surface area contributed by atoms with Crippen molar-refractivity contribution in [3.05, 3.63) is 48.6 Å². The Morgan fingerprint density at radius 2 is 1.15 bits per heavy atom. The fraction of sp³-hybridized carbons (Fsp3) is 0.795. The van der Waals surface area contributed by atoms with Gasteiger partial charge >= 0.3 is 5.97 Å². The standard InChI is InChI=1S/C44H78O9/c1-3-5-7-9-11-13-14-15-16-17-18-19-20-21-22-23-24-25-27-29-31-33-40(46)52-38(36-50-34-32-30-28-26-12-10-8-6-4-2)37-51-44-43(49)42(48)41(47)39(35-45)53-44/h5,7,11,13,15-16,18-19,38-39,41-45,47-49H,3-4,6,8-10,12,14,17,20-37H2,1-2H3/b7-5-,13-11-,16-15-,19-18-. The van der Waals surface area contributed by atoms with Crippen molar-refractivity contribution in [1.82, 2.24) is 0 Å². The van der Waals surface area contributed by atoms with Crippen LogP contribution in [0, 0.1) is 0 Å². The zero-order valence-electron chi connectivity index (χ0n) is 33.5. The van der Waals surface area contributed by atoms with Gasteiger partial charge in [0.15, 0.2) is 6.29 Å². The molecule has 9 nitrogen and oxygen atoms in total. The molecule has 0 amide bonds. The molecule has 0 aromatic rings. The Kier molecular flexibility index (Phi) is 33.2. The molecule has 53 heavy (non-hydrogen) atoms. The molecular formula is C44H78O9. The fourth-order valence-corrected chi connectivity index (χ4v) is 6.19. The minimum Gasteiger partial charge on any atom is -0.457 e. The van der Waals surface area contributed by atoms with E-state index in [1.807, 2.05) is 0 Å². The maximum Gasteiger partial charge on any atom is 0.306 e. The van der Waals surface area contributed by atoms with Crippen LogP contribution in [0.4, 0.5) is 0 Å². The smallest absolute Gasteiger partial charge is 0.306 e. The number of aliphatic hydroxyl groups is 4. The highest BCUT2D eigenvalue weighted by molar-refractivity contribution is 5.69. The van der Waals surface area contributed by atoms with Gasteiger partial charge in [-0.15, -0.1) is 0 Å². The van der Waals surface area contributed by atoms with Crippen LogP contribution in [-0.4, -0.2) is 89.6 Å². The Bertz CT molecular complexity index is 947. The normalized spacial score (nSPS) is 21.5. The topological polar surface area (TPSA) is 135 Å². The second-order valence-corrected chi connectivity index (χ2v) is 14.4. The summed E-state index contributed by atoms with van der Waals surface area (Å²) in [6.07, 6.45) is 35.7. The molecule has 4 N–H and O–H groups in total. The molecule has 6 unspecified atom stereocenters. The summed E-state index contributed by atoms with van der Waals surface area (Å²) in [5.74, 6) is -0.324. The Morgan fingerprint density at radius 1 is 0.623 bits per heavy atom. The average molecular weight is 751 g/mol. The summed E-state index contributed by atoms with van der Waals surface area (Å²) < 4.78 is 22.7. The van der Waals surface area contributed by atoms with Crippen LogP contribution in [0.3, 0.4) is 0 Å². The predicted octanol–water partition coefficient (Wildman–Crippen LogP) is 8.97.